The first-order valence-corrected chi connectivity index (χ1v) is 6.98. The topological polar surface area (TPSA) is 40.9 Å². The molecule has 0 N–H and O–H groups in total. The molecule has 1 aliphatic carbocycles. The molecule has 2 nitrogen and oxygen atoms in total. The lowest BCUT2D eigenvalue weighted by Crippen LogP contribution is -2.45. The SMILES string of the molecule is CC1(C)CCCC(C#N)(Cc2ccc(Cl)cc2)C1=O. The summed E-state index contributed by atoms with van der Waals surface area (Å²) in [7, 11) is 0. The van der Waals surface area contributed by atoms with E-state index in [0.29, 0.717) is 17.9 Å². The van der Waals surface area contributed by atoms with Crippen LogP contribution in [0.15, 0.2) is 24.3 Å². The molecule has 1 unspecified atom stereocenters. The lowest BCUT2D eigenvalue weighted by molar-refractivity contribution is -0.138. The second kappa shape index (κ2) is 4.98. The predicted molar refractivity (Wildman–Crippen MR) is 75.8 cm³/mol. The van der Waals surface area contributed by atoms with Crippen LogP contribution >= 0.6 is 11.6 Å². The van der Waals surface area contributed by atoms with Crippen LogP contribution in [-0.4, -0.2) is 5.78 Å². The minimum Gasteiger partial charge on any atom is -0.297 e. The van der Waals surface area contributed by atoms with Crippen molar-refractivity contribution in [3.8, 4) is 6.07 Å². The van der Waals surface area contributed by atoms with E-state index < -0.39 is 5.41 Å². The van der Waals surface area contributed by atoms with Crippen molar-refractivity contribution in [1.29, 1.82) is 5.26 Å². The van der Waals surface area contributed by atoms with Crippen LogP contribution in [0, 0.1) is 22.2 Å². The minimum absolute atomic E-state index is 0.0868. The van der Waals surface area contributed by atoms with E-state index in [1.807, 2.05) is 26.0 Å². The molecule has 1 aromatic rings. The molecule has 1 saturated carbocycles. The second-order valence-corrected chi connectivity index (χ2v) is 6.50. The number of rotatable bonds is 2. The summed E-state index contributed by atoms with van der Waals surface area (Å²) >= 11 is 5.87. The van der Waals surface area contributed by atoms with Crippen LogP contribution in [0.2, 0.25) is 5.02 Å². The minimum atomic E-state index is -0.865. The van der Waals surface area contributed by atoms with Crippen LogP contribution in [-0.2, 0) is 11.2 Å². The highest BCUT2D eigenvalue weighted by Gasteiger charge is 2.48. The summed E-state index contributed by atoms with van der Waals surface area (Å²) in [5, 5.41) is 10.2. The predicted octanol–water partition coefficient (Wildman–Crippen LogP) is 4.17. The Balaban J connectivity index is 2.31. The van der Waals surface area contributed by atoms with E-state index in [0.717, 1.165) is 18.4 Å². The summed E-state index contributed by atoms with van der Waals surface area (Å²) in [5.41, 5.74) is -0.257. The van der Waals surface area contributed by atoms with Gasteiger partial charge in [-0.3, -0.25) is 4.79 Å². The van der Waals surface area contributed by atoms with Gasteiger partial charge in [0.1, 0.15) is 5.41 Å². The third-order valence-electron chi connectivity index (χ3n) is 4.09. The van der Waals surface area contributed by atoms with Gasteiger partial charge < -0.3 is 0 Å². The van der Waals surface area contributed by atoms with Crippen LogP contribution in [0.3, 0.4) is 0 Å². The molecule has 1 aliphatic rings. The van der Waals surface area contributed by atoms with Crippen molar-refractivity contribution in [1.82, 2.24) is 0 Å². The molecule has 0 bridgehead atoms. The molecule has 0 aliphatic heterocycles. The first-order chi connectivity index (χ1) is 8.89. The molecule has 1 atom stereocenters. The Hall–Kier alpha value is -1.33. The maximum atomic E-state index is 12.6. The summed E-state index contributed by atoms with van der Waals surface area (Å²) in [5.74, 6) is 0.0868. The van der Waals surface area contributed by atoms with Crippen molar-refractivity contribution >= 4 is 17.4 Å². The number of carbonyl (C=O) groups is 1. The molecule has 3 heteroatoms. The number of benzene rings is 1. The molecule has 0 radical (unpaired) electrons. The van der Waals surface area contributed by atoms with Gasteiger partial charge in [-0.2, -0.15) is 5.26 Å². The average molecular weight is 276 g/mol. The van der Waals surface area contributed by atoms with E-state index in [1.165, 1.54) is 0 Å². The molecule has 1 aromatic carbocycles. The molecule has 1 fully saturated rings. The average Bonchev–Trinajstić information content (AvgIpc) is 2.38. The van der Waals surface area contributed by atoms with Gasteiger partial charge in [0.25, 0.3) is 0 Å². The Morgan fingerprint density at radius 1 is 1.26 bits per heavy atom. The molecule has 100 valence electrons. The van der Waals surface area contributed by atoms with Gasteiger partial charge in [0, 0.05) is 10.4 Å². The van der Waals surface area contributed by atoms with Crippen LogP contribution in [0.25, 0.3) is 0 Å². The van der Waals surface area contributed by atoms with Gasteiger partial charge >= 0.3 is 0 Å². The zero-order valence-electron chi connectivity index (χ0n) is 11.4. The Morgan fingerprint density at radius 3 is 2.47 bits per heavy atom. The van der Waals surface area contributed by atoms with Crippen molar-refractivity contribution in [3.05, 3.63) is 34.9 Å². The fourth-order valence-electron chi connectivity index (χ4n) is 2.97. The Morgan fingerprint density at radius 2 is 1.89 bits per heavy atom. The fourth-order valence-corrected chi connectivity index (χ4v) is 3.10. The summed E-state index contributed by atoms with van der Waals surface area (Å²) in [6, 6.07) is 9.71. The number of hydrogen-bond acceptors (Lipinski definition) is 2. The lowest BCUT2D eigenvalue weighted by Gasteiger charge is -2.39. The molecule has 0 saturated heterocycles. The van der Waals surface area contributed by atoms with Gasteiger partial charge in [0.2, 0.25) is 0 Å². The van der Waals surface area contributed by atoms with E-state index in [-0.39, 0.29) is 11.2 Å². The molecular formula is C16H18ClNO. The third-order valence-corrected chi connectivity index (χ3v) is 4.34. The molecule has 0 heterocycles. The molecule has 0 aromatic heterocycles. The van der Waals surface area contributed by atoms with Crippen LogP contribution in [0.5, 0.6) is 0 Å². The van der Waals surface area contributed by atoms with Crippen molar-refractivity contribution in [2.45, 2.75) is 39.5 Å². The number of Topliss-reactive ketones (excluding diaryl/α,β-unsaturated/α-hetero) is 1. The van der Waals surface area contributed by atoms with Crippen molar-refractivity contribution in [2.75, 3.05) is 0 Å². The van der Waals surface area contributed by atoms with E-state index in [2.05, 4.69) is 6.07 Å². The Kier molecular flexibility index (Phi) is 3.69. The summed E-state index contributed by atoms with van der Waals surface area (Å²) in [4.78, 5) is 12.6. The van der Waals surface area contributed by atoms with Gasteiger partial charge in [-0.25, -0.2) is 0 Å². The number of carbonyl (C=O) groups excluding carboxylic acids is 1. The summed E-state index contributed by atoms with van der Waals surface area (Å²) in [6.45, 7) is 3.89. The maximum absolute atomic E-state index is 12.6. The smallest absolute Gasteiger partial charge is 0.158 e. The Bertz CT molecular complexity index is 527. The van der Waals surface area contributed by atoms with Gasteiger partial charge in [0.15, 0.2) is 5.78 Å². The number of halogens is 1. The van der Waals surface area contributed by atoms with Crippen LogP contribution in [0.1, 0.15) is 38.7 Å². The molecule has 0 amide bonds. The number of nitriles is 1. The third kappa shape index (κ3) is 2.67. The summed E-state index contributed by atoms with van der Waals surface area (Å²) < 4.78 is 0. The van der Waals surface area contributed by atoms with E-state index in [9.17, 15) is 10.1 Å². The van der Waals surface area contributed by atoms with Crippen LogP contribution < -0.4 is 0 Å². The van der Waals surface area contributed by atoms with E-state index in [4.69, 9.17) is 11.6 Å². The highest BCUT2D eigenvalue weighted by Crippen LogP contribution is 2.44. The maximum Gasteiger partial charge on any atom is 0.158 e. The zero-order valence-corrected chi connectivity index (χ0v) is 12.1. The van der Waals surface area contributed by atoms with Gasteiger partial charge in [-0.05, 0) is 37.0 Å². The summed E-state index contributed by atoms with van der Waals surface area (Å²) in [6.07, 6.45) is 2.95. The van der Waals surface area contributed by atoms with Gasteiger partial charge in [-0.15, -0.1) is 0 Å². The normalized spacial score (nSPS) is 25.9. The standard InChI is InChI=1S/C16H18ClNO/c1-15(2)8-3-9-16(11-18,14(15)19)10-12-4-6-13(17)7-5-12/h4-7H,3,8-10H2,1-2H3. The van der Waals surface area contributed by atoms with Gasteiger partial charge in [0.05, 0.1) is 6.07 Å². The highest BCUT2D eigenvalue weighted by atomic mass is 35.5. The molecule has 2 rings (SSSR count). The van der Waals surface area contributed by atoms with Crippen molar-refractivity contribution in [2.24, 2.45) is 10.8 Å². The molecule has 19 heavy (non-hydrogen) atoms. The number of nitrogens with zero attached hydrogens (tertiary/aromatic N) is 1. The highest BCUT2D eigenvalue weighted by molar-refractivity contribution is 6.30. The zero-order chi connectivity index (χ0) is 14.1. The molecular weight excluding hydrogens is 258 g/mol. The van der Waals surface area contributed by atoms with E-state index in [1.54, 1.807) is 12.1 Å². The number of hydrogen-bond donors (Lipinski definition) is 0. The van der Waals surface area contributed by atoms with Crippen molar-refractivity contribution in [3.63, 3.8) is 0 Å². The quantitative estimate of drug-likeness (QED) is 0.813. The van der Waals surface area contributed by atoms with Crippen LogP contribution in [0.4, 0.5) is 0 Å². The van der Waals surface area contributed by atoms with Crippen molar-refractivity contribution < 1.29 is 4.79 Å². The Labute approximate surface area is 119 Å². The first-order valence-electron chi connectivity index (χ1n) is 6.60. The monoisotopic (exact) mass is 275 g/mol. The van der Waals surface area contributed by atoms with E-state index >= 15 is 0 Å². The second-order valence-electron chi connectivity index (χ2n) is 6.06. The lowest BCUT2D eigenvalue weighted by atomic mass is 9.61. The number of ketones is 1. The largest absolute Gasteiger partial charge is 0.297 e. The van der Waals surface area contributed by atoms with Gasteiger partial charge in [-0.1, -0.05) is 44.0 Å². The first kappa shape index (κ1) is 14.1. The molecule has 0 spiro atoms. The fraction of sp³-hybridized carbons (Fsp3) is 0.500.